The average Bonchev–Trinajstić information content (AvgIpc) is 2.54. The van der Waals surface area contributed by atoms with E-state index in [-0.39, 0.29) is 17.7 Å². The molecule has 0 spiro atoms. The van der Waals surface area contributed by atoms with Crippen LogP contribution < -0.4 is 5.32 Å². The highest BCUT2D eigenvalue weighted by atomic mass is 16.2. The highest BCUT2D eigenvalue weighted by Gasteiger charge is 2.26. The Labute approximate surface area is 132 Å². The summed E-state index contributed by atoms with van der Waals surface area (Å²) in [5.74, 6) is 0.608. The van der Waals surface area contributed by atoms with Crippen molar-refractivity contribution in [2.45, 2.75) is 46.0 Å². The predicted molar refractivity (Wildman–Crippen MR) is 88.8 cm³/mol. The molecule has 2 rings (SSSR count). The molecule has 1 heterocycles. The lowest BCUT2D eigenvalue weighted by Gasteiger charge is -2.30. The normalized spacial score (nSPS) is 17.1. The summed E-state index contributed by atoms with van der Waals surface area (Å²) in [5.41, 5.74) is 2.12. The van der Waals surface area contributed by atoms with E-state index in [0.717, 1.165) is 24.9 Å². The number of rotatable bonds is 4. The molecule has 1 aliphatic rings. The summed E-state index contributed by atoms with van der Waals surface area (Å²) in [6.45, 7) is 7.28. The van der Waals surface area contributed by atoms with Crippen molar-refractivity contribution < 1.29 is 9.59 Å². The van der Waals surface area contributed by atoms with Crippen molar-refractivity contribution in [3.05, 3.63) is 29.8 Å². The molecule has 0 saturated carbocycles. The Hall–Kier alpha value is -1.84. The zero-order valence-electron chi connectivity index (χ0n) is 13.8. The van der Waals surface area contributed by atoms with E-state index in [2.05, 4.69) is 25.2 Å². The van der Waals surface area contributed by atoms with E-state index in [1.807, 2.05) is 23.1 Å². The zero-order chi connectivity index (χ0) is 16.1. The van der Waals surface area contributed by atoms with Gasteiger partial charge in [-0.2, -0.15) is 0 Å². The summed E-state index contributed by atoms with van der Waals surface area (Å²) < 4.78 is 0. The first-order valence-corrected chi connectivity index (χ1v) is 8.18. The van der Waals surface area contributed by atoms with E-state index in [1.54, 1.807) is 6.92 Å². The number of anilines is 1. The van der Waals surface area contributed by atoms with Gasteiger partial charge in [0.2, 0.25) is 11.8 Å². The first-order valence-electron chi connectivity index (χ1n) is 8.18. The number of benzene rings is 1. The van der Waals surface area contributed by atoms with Gasteiger partial charge in [-0.05, 0) is 36.8 Å². The molecule has 1 aliphatic heterocycles. The van der Waals surface area contributed by atoms with Crippen LogP contribution in [0.5, 0.6) is 0 Å². The number of carbonyl (C=O) groups is 2. The minimum absolute atomic E-state index is 0.000545. The number of hydrogen-bond donors (Lipinski definition) is 1. The van der Waals surface area contributed by atoms with Crippen molar-refractivity contribution in [3.63, 3.8) is 0 Å². The van der Waals surface area contributed by atoms with Gasteiger partial charge in [0.1, 0.15) is 0 Å². The minimum Gasteiger partial charge on any atom is -0.343 e. The maximum absolute atomic E-state index is 12.5. The fraction of sp³-hybridized carbons (Fsp3) is 0.556. The van der Waals surface area contributed by atoms with Gasteiger partial charge in [-0.15, -0.1) is 0 Å². The molecule has 0 aliphatic carbocycles. The third kappa shape index (κ3) is 3.87. The van der Waals surface area contributed by atoms with E-state index in [4.69, 9.17) is 0 Å². The number of hydrogen-bond acceptors (Lipinski definition) is 2. The van der Waals surface area contributed by atoms with Crippen molar-refractivity contribution in [2.75, 3.05) is 18.4 Å². The first kappa shape index (κ1) is 16.5. The van der Waals surface area contributed by atoms with Gasteiger partial charge in [-0.25, -0.2) is 0 Å². The first-order chi connectivity index (χ1) is 10.5. The van der Waals surface area contributed by atoms with Gasteiger partial charge in [0.05, 0.1) is 0 Å². The molecule has 0 aromatic heterocycles. The van der Waals surface area contributed by atoms with Crippen molar-refractivity contribution in [1.29, 1.82) is 0 Å². The van der Waals surface area contributed by atoms with Gasteiger partial charge >= 0.3 is 0 Å². The number of piperidine rings is 1. The Morgan fingerprint density at radius 3 is 2.50 bits per heavy atom. The second-order valence-corrected chi connectivity index (χ2v) is 6.17. The molecule has 4 heteroatoms. The third-order valence-electron chi connectivity index (χ3n) is 4.67. The molecule has 1 atom stereocenters. The van der Waals surface area contributed by atoms with Gasteiger partial charge < -0.3 is 10.2 Å². The predicted octanol–water partition coefficient (Wildman–Crippen LogP) is 3.40. The molecule has 0 unspecified atom stereocenters. The highest BCUT2D eigenvalue weighted by Crippen LogP contribution is 2.28. The number of nitrogens with one attached hydrogen (secondary N) is 1. The topological polar surface area (TPSA) is 49.4 Å². The zero-order valence-corrected chi connectivity index (χ0v) is 13.8. The molecule has 1 aromatic carbocycles. The summed E-state index contributed by atoms with van der Waals surface area (Å²) in [4.78, 5) is 25.7. The van der Waals surface area contributed by atoms with Crippen LogP contribution in [0.2, 0.25) is 0 Å². The Kier molecular flexibility index (Phi) is 5.58. The molecule has 2 amide bonds. The van der Waals surface area contributed by atoms with Crippen LogP contribution in [0.3, 0.4) is 0 Å². The smallest absolute Gasteiger partial charge is 0.227 e. The molecule has 120 valence electrons. The standard InChI is InChI=1S/C18H26N2O2/c1-4-13(2)16-7-5-6-8-17(16)19-18(22)15-9-11-20(12-10-15)14(3)21/h5-8,13,15H,4,9-12H2,1-3H3,(H,19,22)/t13-/m1/s1. The monoisotopic (exact) mass is 302 g/mol. The molecule has 1 saturated heterocycles. The maximum atomic E-state index is 12.5. The van der Waals surface area contributed by atoms with E-state index in [9.17, 15) is 9.59 Å². The Balaban J connectivity index is 2.00. The number of carbonyl (C=O) groups excluding carboxylic acids is 2. The van der Waals surface area contributed by atoms with Crippen LogP contribution in [0, 0.1) is 5.92 Å². The minimum atomic E-state index is 0.000545. The molecule has 0 radical (unpaired) electrons. The fourth-order valence-electron chi connectivity index (χ4n) is 2.95. The number of likely N-dealkylation sites (tertiary alicyclic amines) is 1. The summed E-state index contributed by atoms with van der Waals surface area (Å²) >= 11 is 0. The third-order valence-corrected chi connectivity index (χ3v) is 4.67. The van der Waals surface area contributed by atoms with Crippen LogP contribution in [0.4, 0.5) is 5.69 Å². The average molecular weight is 302 g/mol. The Bertz CT molecular complexity index is 534. The lowest BCUT2D eigenvalue weighted by atomic mass is 9.94. The van der Waals surface area contributed by atoms with E-state index >= 15 is 0 Å². The Morgan fingerprint density at radius 2 is 1.91 bits per heavy atom. The second-order valence-electron chi connectivity index (χ2n) is 6.17. The molecule has 1 aromatic rings. The summed E-state index contributed by atoms with van der Waals surface area (Å²) in [7, 11) is 0. The highest BCUT2D eigenvalue weighted by molar-refractivity contribution is 5.93. The van der Waals surface area contributed by atoms with Crippen LogP contribution in [0.15, 0.2) is 24.3 Å². The van der Waals surface area contributed by atoms with E-state index < -0.39 is 0 Å². The largest absolute Gasteiger partial charge is 0.343 e. The van der Waals surface area contributed by atoms with Gasteiger partial charge in [0, 0.05) is 31.6 Å². The quantitative estimate of drug-likeness (QED) is 0.926. The van der Waals surface area contributed by atoms with Crippen LogP contribution >= 0.6 is 0 Å². The van der Waals surface area contributed by atoms with Gasteiger partial charge in [0.25, 0.3) is 0 Å². The van der Waals surface area contributed by atoms with Crippen molar-refractivity contribution in [3.8, 4) is 0 Å². The molecule has 0 bridgehead atoms. The SMILES string of the molecule is CC[C@@H](C)c1ccccc1NC(=O)C1CCN(C(C)=O)CC1. The van der Waals surface area contributed by atoms with Gasteiger partial charge in [-0.3, -0.25) is 9.59 Å². The summed E-state index contributed by atoms with van der Waals surface area (Å²) in [5, 5.41) is 3.10. The van der Waals surface area contributed by atoms with Crippen molar-refractivity contribution in [2.24, 2.45) is 5.92 Å². The molecule has 1 fully saturated rings. The molecule has 4 nitrogen and oxygen atoms in total. The molecular formula is C18H26N2O2. The second kappa shape index (κ2) is 7.43. The number of nitrogens with zero attached hydrogens (tertiary/aromatic N) is 1. The van der Waals surface area contributed by atoms with Crippen LogP contribution in [-0.4, -0.2) is 29.8 Å². The van der Waals surface area contributed by atoms with E-state index in [0.29, 0.717) is 19.0 Å². The van der Waals surface area contributed by atoms with Crippen LogP contribution in [-0.2, 0) is 9.59 Å². The summed E-state index contributed by atoms with van der Waals surface area (Å²) in [6, 6.07) is 8.04. The number of amides is 2. The van der Waals surface area contributed by atoms with Crippen molar-refractivity contribution >= 4 is 17.5 Å². The lowest BCUT2D eigenvalue weighted by molar-refractivity contribution is -0.132. The van der Waals surface area contributed by atoms with Gasteiger partial charge in [0.15, 0.2) is 0 Å². The lowest BCUT2D eigenvalue weighted by Crippen LogP contribution is -2.40. The summed E-state index contributed by atoms with van der Waals surface area (Å²) in [6.07, 6.45) is 2.54. The fourth-order valence-corrected chi connectivity index (χ4v) is 2.95. The van der Waals surface area contributed by atoms with Crippen molar-refractivity contribution in [1.82, 2.24) is 4.90 Å². The van der Waals surface area contributed by atoms with E-state index in [1.165, 1.54) is 5.56 Å². The number of para-hydroxylation sites is 1. The molecule has 1 N–H and O–H groups in total. The maximum Gasteiger partial charge on any atom is 0.227 e. The molecule has 22 heavy (non-hydrogen) atoms. The Morgan fingerprint density at radius 1 is 1.27 bits per heavy atom. The van der Waals surface area contributed by atoms with Crippen LogP contribution in [0.1, 0.15) is 51.5 Å². The van der Waals surface area contributed by atoms with Crippen LogP contribution in [0.25, 0.3) is 0 Å². The van der Waals surface area contributed by atoms with Gasteiger partial charge in [-0.1, -0.05) is 32.0 Å². The molecular weight excluding hydrogens is 276 g/mol.